The van der Waals surface area contributed by atoms with E-state index < -0.39 is 22.1 Å². The second kappa shape index (κ2) is 9.76. The van der Waals surface area contributed by atoms with Gasteiger partial charge in [0.25, 0.3) is 5.96 Å². The lowest BCUT2D eigenvalue weighted by molar-refractivity contribution is -0.137. The number of hydrogen-bond donors (Lipinski definition) is 2. The molecule has 35 heavy (non-hydrogen) atoms. The number of benzene rings is 2. The molecule has 0 amide bonds. The first-order valence-electron chi connectivity index (χ1n) is 10.3. The minimum Gasteiger partial charge on any atom is -0.264 e. The Kier molecular flexibility index (Phi) is 6.93. The number of halogens is 4. The summed E-state index contributed by atoms with van der Waals surface area (Å²) in [6.45, 7) is 0.284. The third-order valence-electron chi connectivity index (χ3n) is 5.33. The summed E-state index contributed by atoms with van der Waals surface area (Å²) in [5.74, 6) is -0.250. The fraction of sp³-hybridized carbons (Fsp3) is 0.174. The Balaban J connectivity index is 1.63. The van der Waals surface area contributed by atoms with Crippen molar-refractivity contribution in [1.29, 1.82) is 0 Å². The number of pyridine rings is 1. The van der Waals surface area contributed by atoms with Crippen molar-refractivity contribution >= 4 is 33.7 Å². The molecule has 2 N–H and O–H groups in total. The summed E-state index contributed by atoms with van der Waals surface area (Å²) in [6, 6.07) is 14.2. The minimum absolute atomic E-state index is 0.0183. The summed E-state index contributed by atoms with van der Waals surface area (Å²) < 4.78 is 64.6. The first-order chi connectivity index (χ1) is 16.6. The van der Waals surface area contributed by atoms with Gasteiger partial charge in [-0.25, -0.2) is 5.01 Å². The Morgan fingerprint density at radius 3 is 2.43 bits per heavy atom. The smallest absolute Gasteiger partial charge is 0.264 e. The molecule has 2 aromatic carbocycles. The zero-order valence-corrected chi connectivity index (χ0v) is 19.8. The Morgan fingerprint density at radius 1 is 1.17 bits per heavy atom. The molecule has 2 unspecified atom stereocenters. The zero-order valence-electron chi connectivity index (χ0n) is 18.3. The zero-order chi connectivity index (χ0) is 25.2. The van der Waals surface area contributed by atoms with Crippen LogP contribution in [0.2, 0.25) is 5.02 Å². The van der Waals surface area contributed by atoms with Gasteiger partial charge in [0.05, 0.1) is 17.8 Å². The van der Waals surface area contributed by atoms with E-state index in [1.165, 1.54) is 12.1 Å². The summed E-state index contributed by atoms with van der Waals surface area (Å²) in [5, 5.41) is 6.65. The third kappa shape index (κ3) is 5.53. The number of nitrogens with one attached hydrogen (secondary N) is 1. The molecule has 1 aliphatic heterocycles. The summed E-state index contributed by atoms with van der Waals surface area (Å²) in [7, 11) is -2.56. The molecular weight excluding hydrogens is 503 g/mol. The second-order valence-electron chi connectivity index (χ2n) is 7.61. The largest absolute Gasteiger partial charge is 0.416 e. The van der Waals surface area contributed by atoms with E-state index in [4.69, 9.17) is 11.6 Å². The number of rotatable bonds is 4. The lowest BCUT2D eigenvalue weighted by Gasteiger charge is -2.18. The molecule has 182 valence electrons. The van der Waals surface area contributed by atoms with Gasteiger partial charge in [0.15, 0.2) is 0 Å². The van der Waals surface area contributed by atoms with E-state index in [0.29, 0.717) is 10.7 Å². The van der Waals surface area contributed by atoms with Crippen LogP contribution in [-0.2, 0) is 20.8 Å². The highest BCUT2D eigenvalue weighted by molar-refractivity contribution is 7.96. The van der Waals surface area contributed by atoms with Gasteiger partial charge in [0.2, 0.25) is 4.90 Å². The average Bonchev–Trinajstić information content (AvgIpc) is 3.28. The second-order valence-corrected chi connectivity index (χ2v) is 9.77. The maximum absolute atomic E-state index is 13.0. The molecule has 0 bridgehead atoms. The SMILES string of the molecule is CN=C(N[S+](=O)(O)c1ccc(C(F)(F)F)cc1)N1CC(c2cccnc2)C(c2ccc(Cl)cc2)=N1. The van der Waals surface area contributed by atoms with Crippen molar-refractivity contribution in [3.8, 4) is 0 Å². The normalized spacial score (nSPS) is 18.2. The fourth-order valence-corrected chi connectivity index (χ4v) is 4.78. The molecule has 2 atom stereocenters. The summed E-state index contributed by atoms with van der Waals surface area (Å²) in [5.41, 5.74) is 1.44. The van der Waals surface area contributed by atoms with E-state index in [0.717, 1.165) is 35.4 Å². The fourth-order valence-electron chi connectivity index (χ4n) is 3.58. The standard InChI is InChI=1S/C23H19ClF3N5O2S/c1-28-22(31-35(33,34)19-10-6-17(7-11-19)23(25,26)27)32-14-20(16-3-2-12-29-13-16)21(30-32)15-4-8-18(24)9-5-15/h2-13,20H,14H2,1H3,(H-,28,31,33,34)/p+1. The van der Waals surface area contributed by atoms with Crippen LogP contribution in [0.15, 0.2) is 88.0 Å². The maximum atomic E-state index is 13.0. The maximum Gasteiger partial charge on any atom is 0.416 e. The topological polar surface area (TPSA) is 90.2 Å². The molecule has 1 aromatic heterocycles. The highest BCUT2D eigenvalue weighted by Gasteiger charge is 2.38. The van der Waals surface area contributed by atoms with E-state index in [1.54, 1.807) is 30.6 Å². The summed E-state index contributed by atoms with van der Waals surface area (Å²) in [6.07, 6.45) is -1.18. The van der Waals surface area contributed by atoms with Crippen LogP contribution in [0.5, 0.6) is 0 Å². The van der Waals surface area contributed by atoms with Crippen LogP contribution in [0.4, 0.5) is 13.2 Å². The van der Waals surface area contributed by atoms with Gasteiger partial charge in [-0.15, -0.1) is 4.72 Å². The number of guanidine groups is 1. The number of hydrogen-bond acceptors (Lipinski definition) is 4. The van der Waals surface area contributed by atoms with Crippen molar-refractivity contribution in [1.82, 2.24) is 14.7 Å². The molecule has 7 nitrogen and oxygen atoms in total. The predicted octanol–water partition coefficient (Wildman–Crippen LogP) is 5.08. The van der Waals surface area contributed by atoms with E-state index in [-0.39, 0.29) is 23.3 Å². The Hall–Kier alpha value is -3.28. The van der Waals surface area contributed by atoms with Crippen molar-refractivity contribution in [2.75, 3.05) is 13.6 Å². The highest BCUT2D eigenvalue weighted by atomic mass is 35.5. The van der Waals surface area contributed by atoms with Crippen LogP contribution in [-0.4, -0.2) is 39.8 Å². The van der Waals surface area contributed by atoms with Crippen LogP contribution < -0.4 is 4.72 Å². The number of nitrogens with zero attached hydrogens (tertiary/aromatic N) is 4. The molecular formula is C23H20ClF3N5O2S+. The molecule has 0 radical (unpaired) electrons. The van der Waals surface area contributed by atoms with E-state index in [2.05, 4.69) is 19.8 Å². The summed E-state index contributed by atoms with van der Waals surface area (Å²) >= 11 is 6.03. The first-order valence-corrected chi connectivity index (χ1v) is 12.2. The highest BCUT2D eigenvalue weighted by Crippen LogP contribution is 2.31. The van der Waals surface area contributed by atoms with Gasteiger partial charge in [-0.1, -0.05) is 29.8 Å². The molecule has 3 aromatic rings. The average molecular weight is 523 g/mol. The Bertz CT molecular complexity index is 1300. The van der Waals surface area contributed by atoms with Gasteiger partial charge in [-0.2, -0.15) is 22.8 Å². The molecule has 0 fully saturated rings. The van der Waals surface area contributed by atoms with Crippen LogP contribution in [0, 0.1) is 0 Å². The van der Waals surface area contributed by atoms with Gasteiger partial charge in [-0.05, 0) is 57.8 Å². The minimum atomic E-state index is -4.55. The molecule has 4 rings (SSSR count). The van der Waals surface area contributed by atoms with Crippen molar-refractivity contribution in [2.24, 2.45) is 10.1 Å². The summed E-state index contributed by atoms with van der Waals surface area (Å²) in [4.78, 5) is 8.03. The molecule has 0 saturated carbocycles. The molecule has 12 heteroatoms. The molecule has 1 aliphatic rings. The number of alkyl halides is 3. The van der Waals surface area contributed by atoms with Crippen LogP contribution in [0.1, 0.15) is 22.6 Å². The molecule has 0 saturated heterocycles. The van der Waals surface area contributed by atoms with Gasteiger partial charge in [0.1, 0.15) is 0 Å². The monoisotopic (exact) mass is 522 g/mol. The van der Waals surface area contributed by atoms with Gasteiger partial charge < -0.3 is 0 Å². The lowest BCUT2D eigenvalue weighted by atomic mass is 9.92. The van der Waals surface area contributed by atoms with Crippen molar-refractivity contribution < 1.29 is 21.9 Å². The predicted molar refractivity (Wildman–Crippen MR) is 129 cm³/mol. The Labute approximate surface area is 205 Å². The van der Waals surface area contributed by atoms with Crippen molar-refractivity contribution in [3.63, 3.8) is 0 Å². The third-order valence-corrected chi connectivity index (χ3v) is 6.95. The molecule has 0 aliphatic carbocycles. The van der Waals surface area contributed by atoms with E-state index in [1.807, 2.05) is 18.2 Å². The van der Waals surface area contributed by atoms with Crippen molar-refractivity contribution in [2.45, 2.75) is 17.0 Å². The Morgan fingerprint density at radius 2 is 1.86 bits per heavy atom. The van der Waals surface area contributed by atoms with Crippen molar-refractivity contribution in [3.05, 3.63) is 94.8 Å². The van der Waals surface area contributed by atoms with E-state index in [9.17, 15) is 21.9 Å². The molecule has 0 spiro atoms. The lowest BCUT2D eigenvalue weighted by Crippen LogP contribution is -2.44. The van der Waals surface area contributed by atoms with Gasteiger partial charge >= 0.3 is 16.6 Å². The number of hydrazone groups is 1. The van der Waals surface area contributed by atoms with Crippen LogP contribution in [0.3, 0.4) is 0 Å². The van der Waals surface area contributed by atoms with Gasteiger partial charge in [0, 0.05) is 30.4 Å². The first kappa shape index (κ1) is 24.8. The number of aromatic nitrogens is 1. The van der Waals surface area contributed by atoms with Crippen LogP contribution >= 0.6 is 11.6 Å². The van der Waals surface area contributed by atoms with Crippen LogP contribution in [0.25, 0.3) is 0 Å². The van der Waals surface area contributed by atoms with Gasteiger partial charge in [-0.3, -0.25) is 9.98 Å². The molecule has 2 heterocycles. The van der Waals surface area contributed by atoms with E-state index >= 15 is 0 Å². The number of aliphatic imine (C=N–C) groups is 1. The quantitative estimate of drug-likeness (QED) is 0.284.